The fraction of sp³-hybridized carbons (Fsp3) is 0.297. The van der Waals surface area contributed by atoms with Crippen molar-refractivity contribution in [2.45, 2.75) is 71.0 Å². The van der Waals surface area contributed by atoms with Gasteiger partial charge >= 0.3 is 0 Å². The van der Waals surface area contributed by atoms with E-state index in [0.29, 0.717) is 5.69 Å². The lowest BCUT2D eigenvalue weighted by molar-refractivity contribution is -0.140. The van der Waals surface area contributed by atoms with Gasteiger partial charge in [0.25, 0.3) is 10.0 Å². The van der Waals surface area contributed by atoms with Gasteiger partial charge in [0.2, 0.25) is 11.8 Å². The topological polar surface area (TPSA) is 86.8 Å². The fourth-order valence-electron chi connectivity index (χ4n) is 5.18. The summed E-state index contributed by atoms with van der Waals surface area (Å²) in [5.41, 5.74) is 4.67. The average molecular weight is 705 g/mol. The van der Waals surface area contributed by atoms with E-state index < -0.39 is 28.5 Å². The number of aryl methyl sites for hydroxylation is 2. The molecule has 2 amide bonds. The SMILES string of the molecule is CC[C@@H](C)NC(=O)[C@@H](Cc1ccccc1)N(Cc1cccc(Br)c1)C(=O)CN(c1cccc(C)c1C)S(=O)(=O)c1ccc(C)cc1. The second kappa shape index (κ2) is 15.6. The number of carbonyl (C=O) groups excluding carboxylic acids is 2. The number of anilines is 1. The maximum Gasteiger partial charge on any atom is 0.264 e. The van der Waals surface area contributed by atoms with Gasteiger partial charge < -0.3 is 10.2 Å². The first-order chi connectivity index (χ1) is 21.9. The molecule has 46 heavy (non-hydrogen) atoms. The van der Waals surface area contributed by atoms with Crippen LogP contribution in [0.1, 0.15) is 48.1 Å². The lowest BCUT2D eigenvalue weighted by Gasteiger charge is -2.34. The molecule has 4 aromatic rings. The van der Waals surface area contributed by atoms with Crippen molar-refractivity contribution in [2.75, 3.05) is 10.8 Å². The molecule has 0 radical (unpaired) electrons. The number of carbonyl (C=O) groups is 2. The van der Waals surface area contributed by atoms with Gasteiger partial charge in [-0.05, 0) is 86.7 Å². The summed E-state index contributed by atoms with van der Waals surface area (Å²) in [7, 11) is -4.17. The number of halogens is 1. The molecule has 0 spiro atoms. The summed E-state index contributed by atoms with van der Waals surface area (Å²) in [6, 6.07) is 28.1. The maximum atomic E-state index is 14.7. The number of nitrogens with zero attached hydrogens (tertiary/aromatic N) is 2. The van der Waals surface area contributed by atoms with E-state index >= 15 is 0 Å². The van der Waals surface area contributed by atoms with Crippen molar-refractivity contribution < 1.29 is 18.0 Å². The number of sulfonamides is 1. The molecule has 0 saturated carbocycles. The molecule has 0 bridgehead atoms. The predicted molar refractivity (Wildman–Crippen MR) is 188 cm³/mol. The number of benzene rings is 4. The van der Waals surface area contributed by atoms with Crippen molar-refractivity contribution in [1.29, 1.82) is 0 Å². The van der Waals surface area contributed by atoms with Crippen molar-refractivity contribution >= 4 is 43.5 Å². The molecule has 9 heteroatoms. The minimum Gasteiger partial charge on any atom is -0.352 e. The molecule has 4 aromatic carbocycles. The van der Waals surface area contributed by atoms with Gasteiger partial charge in [0.05, 0.1) is 10.6 Å². The highest BCUT2D eigenvalue weighted by Crippen LogP contribution is 2.29. The van der Waals surface area contributed by atoms with Crippen LogP contribution in [0.15, 0.2) is 106 Å². The van der Waals surface area contributed by atoms with E-state index in [4.69, 9.17) is 0 Å². The summed E-state index contributed by atoms with van der Waals surface area (Å²) in [6.45, 7) is 9.18. The molecule has 0 heterocycles. The van der Waals surface area contributed by atoms with Crippen LogP contribution < -0.4 is 9.62 Å². The fourth-order valence-corrected chi connectivity index (χ4v) is 7.10. The van der Waals surface area contributed by atoms with Crippen molar-refractivity contribution in [3.8, 4) is 0 Å². The Morgan fingerprint density at radius 2 is 1.50 bits per heavy atom. The Bertz CT molecular complexity index is 1760. The maximum absolute atomic E-state index is 14.7. The third kappa shape index (κ3) is 8.65. The zero-order chi connectivity index (χ0) is 33.4. The Morgan fingerprint density at radius 1 is 0.848 bits per heavy atom. The lowest BCUT2D eigenvalue weighted by atomic mass is 10.0. The summed E-state index contributed by atoms with van der Waals surface area (Å²) < 4.78 is 30.7. The summed E-state index contributed by atoms with van der Waals surface area (Å²) >= 11 is 3.52. The highest BCUT2D eigenvalue weighted by Gasteiger charge is 2.35. The van der Waals surface area contributed by atoms with Crippen LogP contribution in [-0.2, 0) is 32.6 Å². The van der Waals surface area contributed by atoms with Crippen LogP contribution in [0.5, 0.6) is 0 Å². The van der Waals surface area contributed by atoms with Crippen LogP contribution in [0, 0.1) is 20.8 Å². The van der Waals surface area contributed by atoms with Gasteiger partial charge in [-0.15, -0.1) is 0 Å². The lowest BCUT2D eigenvalue weighted by Crippen LogP contribution is -2.54. The van der Waals surface area contributed by atoms with Crippen LogP contribution in [0.25, 0.3) is 0 Å². The van der Waals surface area contributed by atoms with Gasteiger partial charge in [-0.3, -0.25) is 13.9 Å². The molecule has 0 aliphatic heterocycles. The summed E-state index contributed by atoms with van der Waals surface area (Å²) in [5, 5.41) is 3.07. The minimum absolute atomic E-state index is 0.0840. The van der Waals surface area contributed by atoms with Gasteiger partial charge in [0.1, 0.15) is 12.6 Å². The molecule has 1 N–H and O–H groups in total. The Kier molecular flexibility index (Phi) is 11.8. The molecule has 0 unspecified atom stereocenters. The normalized spacial score (nSPS) is 12.7. The zero-order valence-corrected chi connectivity index (χ0v) is 29.4. The van der Waals surface area contributed by atoms with Crippen LogP contribution in [0.4, 0.5) is 5.69 Å². The quantitative estimate of drug-likeness (QED) is 0.161. The van der Waals surface area contributed by atoms with E-state index in [2.05, 4.69) is 21.2 Å². The molecule has 0 aliphatic carbocycles. The van der Waals surface area contributed by atoms with Crippen LogP contribution in [-0.4, -0.2) is 43.8 Å². The smallest absolute Gasteiger partial charge is 0.264 e. The van der Waals surface area contributed by atoms with Crippen LogP contribution in [0.2, 0.25) is 0 Å². The van der Waals surface area contributed by atoms with Crippen molar-refractivity contribution in [3.63, 3.8) is 0 Å². The van der Waals surface area contributed by atoms with E-state index in [-0.39, 0.29) is 29.8 Å². The van der Waals surface area contributed by atoms with Crippen LogP contribution >= 0.6 is 15.9 Å². The monoisotopic (exact) mass is 703 g/mol. The van der Waals surface area contributed by atoms with Gasteiger partial charge in [-0.25, -0.2) is 8.42 Å². The number of hydrogen-bond donors (Lipinski definition) is 1. The predicted octanol–water partition coefficient (Wildman–Crippen LogP) is 7.12. The third-order valence-electron chi connectivity index (χ3n) is 8.25. The molecular weight excluding hydrogens is 662 g/mol. The van der Waals surface area contributed by atoms with E-state index in [9.17, 15) is 18.0 Å². The van der Waals surface area contributed by atoms with E-state index in [1.54, 1.807) is 36.4 Å². The molecule has 7 nitrogen and oxygen atoms in total. The van der Waals surface area contributed by atoms with Crippen molar-refractivity contribution in [1.82, 2.24) is 10.2 Å². The Balaban J connectivity index is 1.84. The number of hydrogen-bond acceptors (Lipinski definition) is 4. The molecule has 0 aromatic heterocycles. The van der Waals surface area contributed by atoms with Crippen molar-refractivity contribution in [2.24, 2.45) is 0 Å². The minimum atomic E-state index is -4.17. The van der Waals surface area contributed by atoms with Crippen molar-refractivity contribution in [3.05, 3.63) is 129 Å². The zero-order valence-electron chi connectivity index (χ0n) is 27.0. The first-order valence-electron chi connectivity index (χ1n) is 15.4. The Hall–Kier alpha value is -3.95. The largest absolute Gasteiger partial charge is 0.352 e. The second-order valence-electron chi connectivity index (χ2n) is 11.7. The molecule has 4 rings (SSSR count). The standard InChI is InChI=1S/C37H42BrN3O4S/c1-6-28(4)39-37(43)35(23-30-13-8-7-9-14-30)40(24-31-15-11-16-32(38)22-31)36(42)25-41(34-17-10-12-27(3)29(34)5)46(44,45)33-20-18-26(2)19-21-33/h7-22,28,35H,6,23-25H2,1-5H3,(H,39,43)/t28-,35-/m1/s1. The third-order valence-corrected chi connectivity index (χ3v) is 10.5. The van der Waals surface area contributed by atoms with Gasteiger partial charge in [-0.1, -0.05) is 95.1 Å². The van der Waals surface area contributed by atoms with E-state index in [1.165, 1.54) is 9.21 Å². The molecule has 242 valence electrons. The Labute approximate surface area is 281 Å². The van der Waals surface area contributed by atoms with E-state index in [1.807, 2.05) is 95.3 Å². The Morgan fingerprint density at radius 3 is 2.15 bits per heavy atom. The summed E-state index contributed by atoms with van der Waals surface area (Å²) in [4.78, 5) is 30.2. The highest BCUT2D eigenvalue weighted by molar-refractivity contribution is 9.10. The first-order valence-corrected chi connectivity index (χ1v) is 17.7. The molecule has 0 fully saturated rings. The molecule has 2 atom stereocenters. The number of amides is 2. The summed E-state index contributed by atoms with van der Waals surface area (Å²) in [6.07, 6.45) is 0.982. The van der Waals surface area contributed by atoms with Gasteiger partial charge in [-0.2, -0.15) is 0 Å². The molecular formula is C37H42BrN3O4S. The second-order valence-corrected chi connectivity index (χ2v) is 14.5. The average Bonchev–Trinajstić information content (AvgIpc) is 3.03. The van der Waals surface area contributed by atoms with E-state index in [0.717, 1.165) is 38.7 Å². The molecule has 0 saturated heterocycles. The molecule has 0 aliphatic rings. The van der Waals surface area contributed by atoms with Gasteiger partial charge in [0.15, 0.2) is 0 Å². The number of rotatable bonds is 13. The summed E-state index contributed by atoms with van der Waals surface area (Å²) in [5.74, 6) is -0.780. The highest BCUT2D eigenvalue weighted by atomic mass is 79.9. The first kappa shape index (κ1) is 34.9. The van der Waals surface area contributed by atoms with Crippen LogP contribution in [0.3, 0.4) is 0 Å². The van der Waals surface area contributed by atoms with Gasteiger partial charge in [0, 0.05) is 23.5 Å². The number of nitrogens with one attached hydrogen (secondary N) is 1.